The predicted octanol–water partition coefficient (Wildman–Crippen LogP) is 4.19. The fourth-order valence-electron chi connectivity index (χ4n) is 3.32. The Labute approximate surface area is 176 Å². The Morgan fingerprint density at radius 2 is 1.40 bits per heavy atom. The van der Waals surface area contributed by atoms with Crippen LogP contribution in [0.5, 0.6) is 5.75 Å². The van der Waals surface area contributed by atoms with E-state index in [4.69, 9.17) is 9.47 Å². The Hall–Kier alpha value is -3.60. The van der Waals surface area contributed by atoms with E-state index < -0.39 is 5.97 Å². The van der Waals surface area contributed by atoms with Gasteiger partial charge in [-0.15, -0.1) is 0 Å². The van der Waals surface area contributed by atoms with Crippen molar-refractivity contribution in [3.8, 4) is 5.75 Å². The molecule has 0 aliphatic heterocycles. The summed E-state index contributed by atoms with van der Waals surface area (Å²) in [4.78, 5) is 24.1. The van der Waals surface area contributed by atoms with Crippen molar-refractivity contribution in [2.24, 2.45) is 0 Å². The maximum Gasteiger partial charge on any atom is 0.341 e. The fraction of sp³-hybridized carbons (Fsp3) is 0.200. The summed E-state index contributed by atoms with van der Waals surface area (Å²) in [5.74, 6) is -0.228. The lowest BCUT2D eigenvalue weighted by Gasteiger charge is -2.18. The second-order valence-electron chi connectivity index (χ2n) is 6.79. The Balaban J connectivity index is 1.56. The average molecular weight is 403 g/mol. The molecule has 0 spiro atoms. The highest BCUT2D eigenvalue weighted by molar-refractivity contribution is 5.92. The Kier molecular flexibility index (Phi) is 7.61. The first-order valence-electron chi connectivity index (χ1n) is 9.85. The monoisotopic (exact) mass is 403 g/mol. The highest BCUT2D eigenvalue weighted by Crippen LogP contribution is 2.27. The van der Waals surface area contributed by atoms with E-state index in [-0.39, 0.29) is 18.4 Å². The molecular weight excluding hydrogens is 378 g/mol. The van der Waals surface area contributed by atoms with Gasteiger partial charge < -0.3 is 14.8 Å². The van der Waals surface area contributed by atoms with E-state index in [0.717, 1.165) is 6.42 Å². The molecule has 0 bridgehead atoms. The number of hydrogen-bond donors (Lipinski definition) is 1. The van der Waals surface area contributed by atoms with Crippen molar-refractivity contribution < 1.29 is 19.1 Å². The number of para-hydroxylation sites is 1. The van der Waals surface area contributed by atoms with Crippen molar-refractivity contribution in [2.75, 3.05) is 20.3 Å². The zero-order valence-electron chi connectivity index (χ0n) is 16.9. The number of nitrogens with one attached hydrogen (secondary N) is 1. The van der Waals surface area contributed by atoms with Crippen LogP contribution in [0.4, 0.5) is 0 Å². The van der Waals surface area contributed by atoms with E-state index in [9.17, 15) is 9.59 Å². The minimum atomic E-state index is -0.500. The molecule has 1 N–H and O–H groups in total. The smallest absolute Gasteiger partial charge is 0.341 e. The summed E-state index contributed by atoms with van der Waals surface area (Å²) in [5.41, 5.74) is 2.71. The van der Waals surface area contributed by atoms with E-state index >= 15 is 0 Å². The number of ether oxygens (including phenoxy) is 2. The highest BCUT2D eigenvalue weighted by Gasteiger charge is 2.15. The fourth-order valence-corrected chi connectivity index (χ4v) is 3.32. The number of amides is 1. The Morgan fingerprint density at radius 1 is 0.833 bits per heavy atom. The van der Waals surface area contributed by atoms with E-state index in [1.807, 2.05) is 36.4 Å². The van der Waals surface area contributed by atoms with Crippen LogP contribution in [-0.4, -0.2) is 32.1 Å². The maximum absolute atomic E-state index is 12.3. The van der Waals surface area contributed by atoms with Crippen LogP contribution in [-0.2, 0) is 9.53 Å². The van der Waals surface area contributed by atoms with Crippen molar-refractivity contribution in [1.82, 2.24) is 5.32 Å². The quantitative estimate of drug-likeness (QED) is 0.544. The summed E-state index contributed by atoms with van der Waals surface area (Å²) < 4.78 is 10.3. The molecule has 0 saturated heterocycles. The van der Waals surface area contributed by atoms with Gasteiger partial charge in [0, 0.05) is 12.5 Å². The number of rotatable bonds is 9. The third kappa shape index (κ3) is 5.70. The molecule has 0 fully saturated rings. The molecule has 3 aromatic carbocycles. The number of benzene rings is 3. The minimum absolute atomic E-state index is 0.171. The molecule has 154 valence electrons. The number of carbonyl (C=O) groups is 2. The molecule has 0 aliphatic carbocycles. The lowest BCUT2D eigenvalue weighted by Crippen LogP contribution is -2.30. The van der Waals surface area contributed by atoms with Crippen LogP contribution in [0.1, 0.15) is 33.8 Å². The summed E-state index contributed by atoms with van der Waals surface area (Å²) in [6, 6.07) is 27.2. The summed E-state index contributed by atoms with van der Waals surface area (Å²) >= 11 is 0. The van der Waals surface area contributed by atoms with Crippen LogP contribution in [0.3, 0.4) is 0 Å². The molecule has 3 aromatic rings. The number of methoxy groups -OCH3 is 1. The van der Waals surface area contributed by atoms with Gasteiger partial charge in [0.1, 0.15) is 11.3 Å². The summed E-state index contributed by atoms with van der Waals surface area (Å²) in [7, 11) is 1.31. The summed E-state index contributed by atoms with van der Waals surface area (Å²) in [6.45, 7) is 0.338. The molecule has 5 heteroatoms. The van der Waals surface area contributed by atoms with Gasteiger partial charge in [-0.1, -0.05) is 72.8 Å². The molecule has 0 aliphatic rings. The van der Waals surface area contributed by atoms with Crippen LogP contribution < -0.4 is 10.1 Å². The Bertz CT molecular complexity index is 918. The highest BCUT2D eigenvalue weighted by atomic mass is 16.5. The average Bonchev–Trinajstić information content (AvgIpc) is 2.81. The standard InChI is InChI=1S/C25H25NO4/c1-29-25(28)22-14-8-9-15-23(22)30-18-24(27)26-17-16-21(19-10-4-2-5-11-19)20-12-6-3-7-13-20/h2-15,21H,16-18H2,1H3,(H,26,27). The molecule has 1 amide bonds. The molecule has 0 heterocycles. The van der Waals surface area contributed by atoms with Gasteiger partial charge in [0.25, 0.3) is 5.91 Å². The van der Waals surface area contributed by atoms with Crippen molar-refractivity contribution in [1.29, 1.82) is 0 Å². The molecule has 0 unspecified atom stereocenters. The van der Waals surface area contributed by atoms with Crippen LogP contribution in [0, 0.1) is 0 Å². The predicted molar refractivity (Wildman–Crippen MR) is 116 cm³/mol. The molecule has 0 saturated carbocycles. The lowest BCUT2D eigenvalue weighted by molar-refractivity contribution is -0.123. The molecule has 0 radical (unpaired) electrons. The molecule has 30 heavy (non-hydrogen) atoms. The summed E-state index contributed by atoms with van der Waals surface area (Å²) in [6.07, 6.45) is 0.762. The SMILES string of the molecule is COC(=O)c1ccccc1OCC(=O)NCCC(c1ccccc1)c1ccccc1. The molecule has 0 atom stereocenters. The van der Waals surface area contributed by atoms with Gasteiger partial charge in [0.05, 0.1) is 7.11 Å². The van der Waals surface area contributed by atoms with Crippen LogP contribution in [0.25, 0.3) is 0 Å². The second kappa shape index (κ2) is 10.8. The molecule has 0 aromatic heterocycles. The Morgan fingerprint density at radius 3 is 2.00 bits per heavy atom. The first-order chi connectivity index (χ1) is 14.7. The largest absolute Gasteiger partial charge is 0.483 e. The van der Waals surface area contributed by atoms with E-state index in [1.54, 1.807) is 24.3 Å². The van der Waals surface area contributed by atoms with Gasteiger partial charge >= 0.3 is 5.97 Å². The zero-order valence-corrected chi connectivity index (χ0v) is 16.9. The third-order valence-electron chi connectivity index (χ3n) is 4.81. The lowest BCUT2D eigenvalue weighted by atomic mass is 9.88. The van der Waals surface area contributed by atoms with Crippen LogP contribution in [0.2, 0.25) is 0 Å². The van der Waals surface area contributed by atoms with Gasteiger partial charge in [0.15, 0.2) is 6.61 Å². The van der Waals surface area contributed by atoms with Gasteiger partial charge in [-0.05, 0) is 29.7 Å². The van der Waals surface area contributed by atoms with E-state index in [2.05, 4.69) is 29.6 Å². The van der Waals surface area contributed by atoms with Crippen molar-refractivity contribution in [3.63, 3.8) is 0 Å². The first-order valence-corrected chi connectivity index (χ1v) is 9.85. The first kappa shape index (κ1) is 21.1. The normalized spacial score (nSPS) is 10.5. The topological polar surface area (TPSA) is 64.6 Å². The van der Waals surface area contributed by atoms with Gasteiger partial charge in [-0.3, -0.25) is 4.79 Å². The third-order valence-corrected chi connectivity index (χ3v) is 4.81. The van der Waals surface area contributed by atoms with Gasteiger partial charge in [0.2, 0.25) is 0 Å². The van der Waals surface area contributed by atoms with E-state index in [0.29, 0.717) is 17.9 Å². The van der Waals surface area contributed by atoms with Gasteiger partial charge in [-0.2, -0.15) is 0 Å². The van der Waals surface area contributed by atoms with Crippen LogP contribution in [0.15, 0.2) is 84.9 Å². The van der Waals surface area contributed by atoms with Gasteiger partial charge in [-0.25, -0.2) is 4.79 Å². The summed E-state index contributed by atoms with van der Waals surface area (Å²) in [5, 5.41) is 2.91. The molecule has 5 nitrogen and oxygen atoms in total. The number of hydrogen-bond acceptors (Lipinski definition) is 4. The molecule has 3 rings (SSSR count). The van der Waals surface area contributed by atoms with E-state index in [1.165, 1.54) is 18.2 Å². The zero-order chi connectivity index (χ0) is 21.2. The number of carbonyl (C=O) groups excluding carboxylic acids is 2. The van der Waals surface area contributed by atoms with Crippen LogP contribution >= 0.6 is 0 Å². The molecular formula is C25H25NO4. The van der Waals surface area contributed by atoms with Crippen molar-refractivity contribution >= 4 is 11.9 Å². The van der Waals surface area contributed by atoms with Crippen molar-refractivity contribution in [3.05, 3.63) is 102 Å². The second-order valence-corrected chi connectivity index (χ2v) is 6.79. The maximum atomic E-state index is 12.3. The number of esters is 1. The van der Waals surface area contributed by atoms with Crippen molar-refractivity contribution in [2.45, 2.75) is 12.3 Å². The minimum Gasteiger partial charge on any atom is -0.483 e.